The Bertz CT molecular complexity index is 373. The normalized spacial score (nSPS) is 27.3. The van der Waals surface area contributed by atoms with E-state index in [0.29, 0.717) is 12.5 Å². The Hall–Kier alpha value is -0.690. The van der Waals surface area contributed by atoms with Crippen LogP contribution in [0.5, 0.6) is 0 Å². The van der Waals surface area contributed by atoms with E-state index in [1.165, 1.54) is 6.42 Å². The summed E-state index contributed by atoms with van der Waals surface area (Å²) in [5, 5.41) is 0. The molecule has 0 spiro atoms. The number of likely N-dealkylation sites (tertiary alicyclic amines) is 1. The van der Waals surface area contributed by atoms with Gasteiger partial charge in [0.05, 0.1) is 25.9 Å². The van der Waals surface area contributed by atoms with Crippen LogP contribution in [-0.2, 0) is 19.0 Å². The van der Waals surface area contributed by atoms with E-state index < -0.39 is 0 Å². The summed E-state index contributed by atoms with van der Waals surface area (Å²) < 4.78 is 16.6. The molecule has 0 aromatic heterocycles. The van der Waals surface area contributed by atoms with Crippen LogP contribution in [0.4, 0.5) is 0 Å². The molecule has 3 aliphatic heterocycles. The van der Waals surface area contributed by atoms with E-state index in [9.17, 15) is 4.79 Å². The van der Waals surface area contributed by atoms with Crippen molar-refractivity contribution < 1.29 is 19.0 Å². The van der Waals surface area contributed by atoms with Gasteiger partial charge in [0, 0.05) is 39.3 Å². The topological polar surface area (TPSA) is 51.2 Å². The zero-order valence-electron chi connectivity index (χ0n) is 14.8. The van der Waals surface area contributed by atoms with E-state index in [1.54, 1.807) is 0 Å². The van der Waals surface area contributed by atoms with Crippen molar-refractivity contribution in [3.05, 3.63) is 0 Å². The first kappa shape index (κ1) is 18.1. The number of carbonyl (C=O) groups excluding carboxylic acids is 1. The van der Waals surface area contributed by atoms with Gasteiger partial charge in [-0.25, -0.2) is 0 Å². The third-order valence-electron chi connectivity index (χ3n) is 5.39. The minimum atomic E-state index is 0.135. The van der Waals surface area contributed by atoms with Crippen molar-refractivity contribution in [1.29, 1.82) is 0 Å². The quantitative estimate of drug-likeness (QED) is 0.726. The summed E-state index contributed by atoms with van der Waals surface area (Å²) in [6.45, 7) is 8.31. The minimum absolute atomic E-state index is 0.135. The lowest BCUT2D eigenvalue weighted by Crippen LogP contribution is -2.45. The van der Waals surface area contributed by atoms with Crippen molar-refractivity contribution in [2.45, 2.75) is 38.2 Å². The van der Waals surface area contributed by atoms with Crippen molar-refractivity contribution >= 4 is 5.91 Å². The van der Waals surface area contributed by atoms with Crippen molar-refractivity contribution in [1.82, 2.24) is 9.80 Å². The number of carbonyl (C=O) groups is 1. The molecule has 0 N–H and O–H groups in total. The van der Waals surface area contributed by atoms with Gasteiger partial charge in [-0.15, -0.1) is 0 Å². The fourth-order valence-corrected chi connectivity index (χ4v) is 3.82. The second kappa shape index (κ2) is 9.70. The number of nitrogens with zero attached hydrogens (tertiary/aromatic N) is 2. The molecule has 3 heterocycles. The highest BCUT2D eigenvalue weighted by Crippen LogP contribution is 2.19. The molecule has 1 amide bonds. The van der Waals surface area contributed by atoms with Gasteiger partial charge in [-0.05, 0) is 38.0 Å². The van der Waals surface area contributed by atoms with Crippen LogP contribution in [-0.4, -0.2) is 87.6 Å². The summed E-state index contributed by atoms with van der Waals surface area (Å²) in [4.78, 5) is 16.7. The minimum Gasteiger partial charge on any atom is -0.379 e. The largest absolute Gasteiger partial charge is 0.379 e. The van der Waals surface area contributed by atoms with Crippen molar-refractivity contribution in [3.8, 4) is 0 Å². The van der Waals surface area contributed by atoms with E-state index in [2.05, 4.69) is 4.90 Å². The molecule has 0 aromatic rings. The molecule has 0 aliphatic carbocycles. The maximum Gasteiger partial charge on any atom is 0.248 e. The molecule has 138 valence electrons. The fraction of sp³-hybridized carbons (Fsp3) is 0.944. The molecule has 1 atom stereocenters. The van der Waals surface area contributed by atoms with Crippen LogP contribution in [0.15, 0.2) is 0 Å². The van der Waals surface area contributed by atoms with Crippen molar-refractivity contribution in [3.63, 3.8) is 0 Å². The van der Waals surface area contributed by atoms with Crippen LogP contribution in [0.1, 0.15) is 32.1 Å². The molecular formula is C18H32N2O4. The lowest BCUT2D eigenvalue weighted by atomic mass is 9.96. The van der Waals surface area contributed by atoms with Gasteiger partial charge >= 0.3 is 0 Å². The lowest BCUT2D eigenvalue weighted by Gasteiger charge is -2.36. The number of rotatable bonds is 6. The Labute approximate surface area is 145 Å². The first-order chi connectivity index (χ1) is 11.8. The second-order valence-corrected chi connectivity index (χ2v) is 7.24. The summed E-state index contributed by atoms with van der Waals surface area (Å²) in [5.41, 5.74) is 0. The molecule has 0 unspecified atom stereocenters. The van der Waals surface area contributed by atoms with E-state index in [4.69, 9.17) is 14.2 Å². The number of amides is 1. The number of morpholine rings is 1. The van der Waals surface area contributed by atoms with Gasteiger partial charge in [-0.2, -0.15) is 0 Å². The highest BCUT2D eigenvalue weighted by atomic mass is 16.5. The maximum absolute atomic E-state index is 12.3. The molecule has 6 nitrogen and oxygen atoms in total. The average Bonchev–Trinajstić information content (AvgIpc) is 2.64. The second-order valence-electron chi connectivity index (χ2n) is 7.24. The Morgan fingerprint density at radius 2 is 1.79 bits per heavy atom. The van der Waals surface area contributed by atoms with E-state index in [0.717, 1.165) is 78.2 Å². The first-order valence-corrected chi connectivity index (χ1v) is 9.58. The van der Waals surface area contributed by atoms with Crippen LogP contribution in [0.25, 0.3) is 0 Å². The number of hydrogen-bond acceptors (Lipinski definition) is 5. The smallest absolute Gasteiger partial charge is 0.248 e. The summed E-state index contributed by atoms with van der Waals surface area (Å²) >= 11 is 0. The number of piperidine rings is 1. The monoisotopic (exact) mass is 340 g/mol. The van der Waals surface area contributed by atoms with Gasteiger partial charge < -0.3 is 19.1 Å². The standard InChI is InChI=1S/C18H32N2O4/c21-18(15-23-14-17-3-1-2-10-24-17)20-6-4-16(5-7-20)13-19-8-11-22-12-9-19/h16-17H,1-15H2/t17-/m0/s1. The van der Waals surface area contributed by atoms with Gasteiger partial charge in [0.25, 0.3) is 0 Å². The van der Waals surface area contributed by atoms with Gasteiger partial charge in [0.1, 0.15) is 6.61 Å². The van der Waals surface area contributed by atoms with E-state index in [-0.39, 0.29) is 18.6 Å². The molecule has 0 radical (unpaired) electrons. The molecule has 3 fully saturated rings. The predicted octanol–water partition coefficient (Wildman–Crippen LogP) is 1.14. The first-order valence-electron chi connectivity index (χ1n) is 9.58. The third-order valence-corrected chi connectivity index (χ3v) is 5.39. The molecule has 3 saturated heterocycles. The predicted molar refractivity (Wildman–Crippen MR) is 91.0 cm³/mol. The molecule has 0 saturated carbocycles. The SMILES string of the molecule is O=C(COC[C@@H]1CCCCO1)N1CCC(CN2CCOCC2)CC1. The third kappa shape index (κ3) is 5.69. The van der Waals surface area contributed by atoms with Crippen molar-refractivity contribution in [2.75, 3.05) is 65.8 Å². The summed E-state index contributed by atoms with van der Waals surface area (Å²) in [7, 11) is 0. The van der Waals surface area contributed by atoms with Crippen LogP contribution < -0.4 is 0 Å². The summed E-state index contributed by atoms with van der Waals surface area (Å²) in [6, 6.07) is 0. The Kier molecular flexibility index (Phi) is 7.32. The molecule has 0 bridgehead atoms. The van der Waals surface area contributed by atoms with Gasteiger partial charge in [-0.3, -0.25) is 9.69 Å². The molecule has 3 aliphatic rings. The number of ether oxygens (including phenoxy) is 3. The zero-order valence-corrected chi connectivity index (χ0v) is 14.8. The molecule has 6 heteroatoms. The van der Waals surface area contributed by atoms with Crippen LogP contribution >= 0.6 is 0 Å². The fourth-order valence-electron chi connectivity index (χ4n) is 3.82. The van der Waals surface area contributed by atoms with Crippen LogP contribution in [0.3, 0.4) is 0 Å². The van der Waals surface area contributed by atoms with Gasteiger partial charge in [0.2, 0.25) is 5.91 Å². The van der Waals surface area contributed by atoms with Crippen LogP contribution in [0, 0.1) is 5.92 Å². The van der Waals surface area contributed by atoms with Gasteiger partial charge in [0.15, 0.2) is 0 Å². The molecular weight excluding hydrogens is 308 g/mol. The number of hydrogen-bond donors (Lipinski definition) is 0. The maximum atomic E-state index is 12.3. The Morgan fingerprint density at radius 1 is 1.00 bits per heavy atom. The lowest BCUT2D eigenvalue weighted by molar-refractivity contribution is -0.139. The Balaban J connectivity index is 1.28. The highest BCUT2D eigenvalue weighted by molar-refractivity contribution is 5.77. The molecule has 3 rings (SSSR count). The molecule has 24 heavy (non-hydrogen) atoms. The van der Waals surface area contributed by atoms with Gasteiger partial charge in [-0.1, -0.05) is 0 Å². The van der Waals surface area contributed by atoms with E-state index >= 15 is 0 Å². The summed E-state index contributed by atoms with van der Waals surface area (Å²) in [6.07, 6.45) is 5.81. The zero-order chi connectivity index (χ0) is 16.6. The average molecular weight is 340 g/mol. The highest BCUT2D eigenvalue weighted by Gasteiger charge is 2.25. The van der Waals surface area contributed by atoms with E-state index in [1.807, 2.05) is 4.90 Å². The van der Waals surface area contributed by atoms with Crippen molar-refractivity contribution in [2.24, 2.45) is 5.92 Å². The molecule has 0 aromatic carbocycles. The Morgan fingerprint density at radius 3 is 2.50 bits per heavy atom. The summed E-state index contributed by atoms with van der Waals surface area (Å²) in [5.74, 6) is 0.847. The van der Waals surface area contributed by atoms with Crippen LogP contribution in [0.2, 0.25) is 0 Å².